The lowest BCUT2D eigenvalue weighted by molar-refractivity contribution is -0.198. The Bertz CT molecular complexity index is 439. The Labute approximate surface area is 147 Å². The van der Waals surface area contributed by atoms with Gasteiger partial charge in [0, 0.05) is 19.4 Å². The van der Waals surface area contributed by atoms with E-state index in [0.29, 0.717) is 51.9 Å². The van der Waals surface area contributed by atoms with E-state index in [2.05, 4.69) is 33.9 Å². The molecular weight excluding hydrogens is 324 g/mol. The molecule has 1 saturated heterocycles. The van der Waals surface area contributed by atoms with Gasteiger partial charge in [0.15, 0.2) is 14.1 Å². The highest BCUT2D eigenvalue weighted by Gasteiger charge is 2.49. The van der Waals surface area contributed by atoms with E-state index in [4.69, 9.17) is 13.9 Å². The maximum Gasteiger partial charge on any atom is 0.309 e. The Balaban J connectivity index is 1.85. The molecule has 0 bridgehead atoms. The average molecular weight is 359 g/mol. The van der Waals surface area contributed by atoms with Crippen molar-refractivity contribution in [1.82, 2.24) is 0 Å². The molecule has 2 aliphatic rings. The van der Waals surface area contributed by atoms with Crippen molar-refractivity contribution in [3.8, 4) is 0 Å². The number of ether oxygens (including phenoxy) is 2. The number of hydrogen-bond acceptors (Lipinski definition) is 4. The summed E-state index contributed by atoms with van der Waals surface area (Å²) in [4.78, 5) is 11.9. The minimum Gasteiger partial charge on any atom is -0.481 e. The molecule has 1 spiro atoms. The number of hydrogen-bond donors (Lipinski definition) is 1. The molecule has 24 heavy (non-hydrogen) atoms. The first-order chi connectivity index (χ1) is 11.0. The lowest BCUT2D eigenvalue weighted by Crippen LogP contribution is -2.44. The Morgan fingerprint density at radius 1 is 1.12 bits per heavy atom. The van der Waals surface area contributed by atoms with Crippen LogP contribution in [-0.2, 0) is 18.7 Å². The van der Waals surface area contributed by atoms with Gasteiger partial charge in [-0.25, -0.2) is 0 Å². The van der Waals surface area contributed by atoms with E-state index in [1.165, 1.54) is 0 Å². The minimum absolute atomic E-state index is 0.186. The molecule has 140 valence electrons. The lowest BCUT2D eigenvalue weighted by Gasteiger charge is -2.41. The summed E-state index contributed by atoms with van der Waals surface area (Å²) in [6.07, 6.45) is 4.09. The van der Waals surface area contributed by atoms with E-state index in [-0.39, 0.29) is 5.04 Å². The van der Waals surface area contributed by atoms with Gasteiger partial charge in [-0.3, -0.25) is 4.79 Å². The van der Waals surface area contributed by atoms with Crippen LogP contribution in [-0.4, -0.2) is 45.0 Å². The van der Waals surface area contributed by atoms with Crippen LogP contribution >= 0.6 is 0 Å². The zero-order valence-corrected chi connectivity index (χ0v) is 16.9. The lowest BCUT2D eigenvalue weighted by atomic mass is 9.69. The summed E-state index contributed by atoms with van der Waals surface area (Å²) in [6.45, 7) is 13.0. The monoisotopic (exact) mass is 358 g/mol. The Kier molecular flexibility index (Phi) is 5.85. The fourth-order valence-corrected chi connectivity index (χ4v) is 4.51. The van der Waals surface area contributed by atoms with Gasteiger partial charge in [0.25, 0.3) is 0 Å². The molecule has 2 fully saturated rings. The third-order valence-corrected chi connectivity index (χ3v) is 10.8. The van der Waals surface area contributed by atoms with Gasteiger partial charge in [0.2, 0.25) is 0 Å². The molecule has 0 aromatic heterocycles. The number of carbonyl (C=O) groups is 1. The van der Waals surface area contributed by atoms with Crippen LogP contribution in [0.15, 0.2) is 0 Å². The second-order valence-electron chi connectivity index (χ2n) is 8.91. The SMILES string of the molecule is CC(C)(C)[Si](C)(C)OCCCC1(C(=O)O)CCC2(CC1)OCCO2. The first-order valence-electron chi connectivity index (χ1n) is 9.17. The van der Waals surface area contributed by atoms with Crippen LogP contribution in [0.5, 0.6) is 0 Å². The van der Waals surface area contributed by atoms with Crippen LogP contribution in [0.3, 0.4) is 0 Å². The van der Waals surface area contributed by atoms with E-state index < -0.39 is 25.5 Å². The molecule has 2 rings (SSSR count). The van der Waals surface area contributed by atoms with Crippen molar-refractivity contribution in [2.45, 2.75) is 83.2 Å². The van der Waals surface area contributed by atoms with Crippen LogP contribution in [0.1, 0.15) is 59.3 Å². The first-order valence-corrected chi connectivity index (χ1v) is 12.1. The summed E-state index contributed by atoms with van der Waals surface area (Å²) in [5.74, 6) is -1.18. The molecule has 0 aromatic rings. The summed E-state index contributed by atoms with van der Waals surface area (Å²) in [6, 6.07) is 0. The smallest absolute Gasteiger partial charge is 0.309 e. The molecule has 0 aromatic carbocycles. The average Bonchev–Trinajstić information content (AvgIpc) is 2.93. The summed E-state index contributed by atoms with van der Waals surface area (Å²) >= 11 is 0. The molecule has 6 heteroatoms. The van der Waals surface area contributed by atoms with Gasteiger partial charge < -0.3 is 19.0 Å². The zero-order valence-electron chi connectivity index (χ0n) is 15.9. The molecular formula is C18H34O5Si. The molecule has 1 heterocycles. The topological polar surface area (TPSA) is 65.0 Å². The third-order valence-electron chi connectivity index (χ3n) is 6.30. The van der Waals surface area contributed by atoms with Crippen molar-refractivity contribution >= 4 is 14.3 Å². The van der Waals surface area contributed by atoms with Gasteiger partial charge in [-0.15, -0.1) is 0 Å². The van der Waals surface area contributed by atoms with Gasteiger partial charge >= 0.3 is 5.97 Å². The first kappa shape index (κ1) is 19.9. The summed E-state index contributed by atoms with van der Waals surface area (Å²) in [5.41, 5.74) is -0.642. The van der Waals surface area contributed by atoms with Gasteiger partial charge in [0.05, 0.1) is 18.6 Å². The normalized spacial score (nSPS) is 23.5. The number of rotatable bonds is 6. The van der Waals surface area contributed by atoms with Crippen molar-refractivity contribution in [2.24, 2.45) is 5.41 Å². The molecule has 0 atom stereocenters. The van der Waals surface area contributed by atoms with Crippen molar-refractivity contribution in [1.29, 1.82) is 0 Å². The van der Waals surface area contributed by atoms with E-state index in [9.17, 15) is 9.90 Å². The van der Waals surface area contributed by atoms with Gasteiger partial charge in [-0.2, -0.15) is 0 Å². The van der Waals surface area contributed by atoms with E-state index in [1.807, 2.05) is 0 Å². The maximum atomic E-state index is 11.9. The van der Waals surface area contributed by atoms with Gasteiger partial charge in [-0.1, -0.05) is 20.8 Å². The van der Waals surface area contributed by atoms with Crippen LogP contribution in [0.4, 0.5) is 0 Å². The van der Waals surface area contributed by atoms with E-state index in [1.54, 1.807) is 0 Å². The Morgan fingerprint density at radius 2 is 1.67 bits per heavy atom. The molecule has 1 aliphatic carbocycles. The quantitative estimate of drug-likeness (QED) is 0.570. The minimum atomic E-state index is -1.76. The molecule has 0 unspecified atom stereocenters. The highest BCUT2D eigenvalue weighted by atomic mass is 28.4. The molecule has 1 saturated carbocycles. The number of carboxylic acid groups (broad SMARTS) is 1. The van der Waals surface area contributed by atoms with Crippen LogP contribution in [0.25, 0.3) is 0 Å². The Morgan fingerprint density at radius 3 is 2.12 bits per heavy atom. The van der Waals surface area contributed by atoms with E-state index in [0.717, 1.165) is 6.42 Å². The van der Waals surface area contributed by atoms with Crippen molar-refractivity contribution < 1.29 is 23.8 Å². The molecule has 5 nitrogen and oxygen atoms in total. The summed E-state index contributed by atoms with van der Waals surface area (Å²) in [5, 5.41) is 9.98. The molecule has 0 radical (unpaired) electrons. The fraction of sp³-hybridized carbons (Fsp3) is 0.944. The highest BCUT2D eigenvalue weighted by Crippen LogP contribution is 2.47. The standard InChI is InChI=1S/C18H34O5Si/c1-16(2,3)24(4,5)23-12-6-7-17(15(19)20)8-10-18(11-9-17)21-13-14-22-18/h6-14H2,1-5H3,(H,19,20). The van der Waals surface area contributed by atoms with E-state index >= 15 is 0 Å². The number of aliphatic carboxylic acids is 1. The zero-order chi connectivity index (χ0) is 18.1. The fourth-order valence-electron chi connectivity index (χ4n) is 3.42. The predicted molar refractivity (Wildman–Crippen MR) is 95.6 cm³/mol. The van der Waals surface area contributed by atoms with Crippen molar-refractivity contribution in [3.63, 3.8) is 0 Å². The second kappa shape index (κ2) is 7.06. The summed E-state index contributed by atoms with van der Waals surface area (Å²) in [7, 11) is -1.76. The molecule has 1 N–H and O–H groups in total. The van der Waals surface area contributed by atoms with Crippen LogP contribution in [0.2, 0.25) is 18.1 Å². The number of carboxylic acids is 1. The summed E-state index contributed by atoms with van der Waals surface area (Å²) < 4.78 is 17.7. The van der Waals surface area contributed by atoms with Gasteiger partial charge in [0.1, 0.15) is 0 Å². The van der Waals surface area contributed by atoms with Crippen molar-refractivity contribution in [3.05, 3.63) is 0 Å². The highest BCUT2D eigenvalue weighted by molar-refractivity contribution is 6.74. The van der Waals surface area contributed by atoms with Crippen molar-refractivity contribution in [2.75, 3.05) is 19.8 Å². The Hall–Kier alpha value is -0.433. The second-order valence-corrected chi connectivity index (χ2v) is 13.7. The third kappa shape index (κ3) is 4.21. The molecule has 0 amide bonds. The van der Waals surface area contributed by atoms with Crippen LogP contribution < -0.4 is 0 Å². The van der Waals surface area contributed by atoms with Crippen LogP contribution in [0, 0.1) is 5.41 Å². The largest absolute Gasteiger partial charge is 0.481 e. The predicted octanol–water partition coefficient (Wildman–Crippen LogP) is 4.18. The maximum absolute atomic E-state index is 11.9. The molecule has 1 aliphatic heterocycles. The van der Waals surface area contributed by atoms with Gasteiger partial charge in [-0.05, 0) is 43.8 Å².